The molecule has 1 aliphatic heterocycles. The highest BCUT2D eigenvalue weighted by Crippen LogP contribution is 2.25. The van der Waals surface area contributed by atoms with Gasteiger partial charge in [-0.3, -0.25) is 4.79 Å². The normalized spacial score (nSPS) is 17.0. The first-order valence-corrected chi connectivity index (χ1v) is 9.18. The fourth-order valence-corrected chi connectivity index (χ4v) is 3.72. The Bertz CT molecular complexity index is 879. The van der Waals surface area contributed by atoms with Gasteiger partial charge in [-0.05, 0) is 19.1 Å². The number of hydrogen-bond acceptors (Lipinski definition) is 5. The van der Waals surface area contributed by atoms with E-state index in [1.165, 1.54) is 11.3 Å². The predicted octanol–water partition coefficient (Wildman–Crippen LogP) is 2.85. The summed E-state index contributed by atoms with van der Waals surface area (Å²) in [5, 5.41) is 10.3. The van der Waals surface area contributed by atoms with E-state index in [1.54, 1.807) is 6.20 Å². The molecule has 0 radical (unpaired) electrons. The van der Waals surface area contributed by atoms with Crippen molar-refractivity contribution in [3.63, 3.8) is 0 Å². The van der Waals surface area contributed by atoms with E-state index >= 15 is 0 Å². The predicted molar refractivity (Wildman–Crippen MR) is 105 cm³/mol. The first-order chi connectivity index (χ1) is 12.2. The molecule has 6 nitrogen and oxygen atoms in total. The second-order valence-electron chi connectivity index (χ2n) is 6.10. The van der Waals surface area contributed by atoms with Crippen molar-refractivity contribution in [2.24, 2.45) is 0 Å². The molecule has 0 spiro atoms. The Labute approximate surface area is 162 Å². The lowest BCUT2D eigenvalue weighted by Crippen LogP contribution is -2.52. The summed E-state index contributed by atoms with van der Waals surface area (Å²) in [6.45, 7) is 4.43. The van der Waals surface area contributed by atoms with Crippen molar-refractivity contribution in [3.05, 3.63) is 53.8 Å². The van der Waals surface area contributed by atoms with Crippen LogP contribution in [0, 0.1) is 0 Å². The summed E-state index contributed by atoms with van der Waals surface area (Å²) in [7, 11) is 0. The molecular formula is C18H20ClN5OS. The van der Waals surface area contributed by atoms with Gasteiger partial charge >= 0.3 is 0 Å². The SMILES string of the molecule is C[C@H]1CNCCN1C(=O)c1csc(-c2cnn(-c3ccccc3)c2)n1.Cl. The van der Waals surface area contributed by atoms with Gasteiger partial charge in [0.05, 0.1) is 11.9 Å². The van der Waals surface area contributed by atoms with Gasteiger partial charge in [0.1, 0.15) is 10.7 Å². The molecule has 1 aromatic carbocycles. The lowest BCUT2D eigenvalue weighted by atomic mass is 10.2. The first-order valence-electron chi connectivity index (χ1n) is 8.30. The van der Waals surface area contributed by atoms with Crippen LogP contribution in [0.2, 0.25) is 0 Å². The van der Waals surface area contributed by atoms with E-state index in [2.05, 4.69) is 22.3 Å². The van der Waals surface area contributed by atoms with Gasteiger partial charge in [-0.1, -0.05) is 18.2 Å². The molecule has 1 N–H and O–H groups in total. The number of carbonyl (C=O) groups excluding carboxylic acids is 1. The zero-order valence-electron chi connectivity index (χ0n) is 14.3. The van der Waals surface area contributed by atoms with Crippen LogP contribution >= 0.6 is 23.7 Å². The van der Waals surface area contributed by atoms with Gasteiger partial charge in [-0.25, -0.2) is 9.67 Å². The Morgan fingerprint density at radius 2 is 2.12 bits per heavy atom. The number of carbonyl (C=O) groups is 1. The molecule has 26 heavy (non-hydrogen) atoms. The molecule has 2 aromatic heterocycles. The standard InChI is InChI=1S/C18H19N5OS.ClH/c1-13-9-19-7-8-22(13)18(24)16-12-25-17(21-16)14-10-20-23(11-14)15-5-3-2-4-6-15;/h2-6,10-13,19H,7-9H2,1H3;1H/t13-;/m0./s1. The third-order valence-electron chi connectivity index (χ3n) is 4.34. The van der Waals surface area contributed by atoms with E-state index < -0.39 is 0 Å². The van der Waals surface area contributed by atoms with Crippen LogP contribution in [0.4, 0.5) is 0 Å². The molecule has 136 valence electrons. The van der Waals surface area contributed by atoms with Crippen LogP contribution in [0.15, 0.2) is 48.1 Å². The number of para-hydroxylation sites is 1. The number of nitrogens with zero attached hydrogens (tertiary/aromatic N) is 4. The van der Waals surface area contributed by atoms with Gasteiger partial charge in [0.2, 0.25) is 0 Å². The molecule has 4 rings (SSSR count). The average Bonchev–Trinajstić information content (AvgIpc) is 3.32. The Kier molecular flexibility index (Phi) is 5.70. The quantitative estimate of drug-likeness (QED) is 0.748. The summed E-state index contributed by atoms with van der Waals surface area (Å²) in [6, 6.07) is 10.1. The second kappa shape index (κ2) is 7.99. The van der Waals surface area contributed by atoms with Crippen molar-refractivity contribution in [2.75, 3.05) is 19.6 Å². The second-order valence-corrected chi connectivity index (χ2v) is 6.96. The summed E-state index contributed by atoms with van der Waals surface area (Å²) < 4.78 is 1.82. The van der Waals surface area contributed by atoms with Crippen LogP contribution in [0.25, 0.3) is 16.3 Å². The van der Waals surface area contributed by atoms with E-state index in [4.69, 9.17) is 0 Å². The van der Waals surface area contributed by atoms with Crippen molar-refractivity contribution >= 4 is 29.7 Å². The van der Waals surface area contributed by atoms with Crippen LogP contribution in [0.3, 0.4) is 0 Å². The number of piperazine rings is 1. The van der Waals surface area contributed by atoms with Crippen molar-refractivity contribution < 1.29 is 4.79 Å². The van der Waals surface area contributed by atoms with E-state index in [1.807, 2.05) is 51.5 Å². The maximum absolute atomic E-state index is 12.7. The Hall–Kier alpha value is -2.22. The molecule has 3 heterocycles. The van der Waals surface area contributed by atoms with Crippen LogP contribution in [-0.2, 0) is 0 Å². The summed E-state index contributed by atoms with van der Waals surface area (Å²) in [6.07, 6.45) is 3.73. The van der Waals surface area contributed by atoms with Crippen LogP contribution in [0.1, 0.15) is 17.4 Å². The van der Waals surface area contributed by atoms with Crippen molar-refractivity contribution in [1.82, 2.24) is 25.0 Å². The van der Waals surface area contributed by atoms with E-state index in [0.717, 1.165) is 35.9 Å². The molecule has 8 heteroatoms. The third-order valence-corrected chi connectivity index (χ3v) is 5.23. The molecule has 1 atom stereocenters. The van der Waals surface area contributed by atoms with Crippen LogP contribution in [0.5, 0.6) is 0 Å². The van der Waals surface area contributed by atoms with Crippen molar-refractivity contribution in [3.8, 4) is 16.3 Å². The molecule has 0 saturated carbocycles. The lowest BCUT2D eigenvalue weighted by Gasteiger charge is -2.33. The smallest absolute Gasteiger partial charge is 0.273 e. The average molecular weight is 390 g/mol. The zero-order chi connectivity index (χ0) is 17.2. The Balaban J connectivity index is 0.00000196. The topological polar surface area (TPSA) is 63.1 Å². The summed E-state index contributed by atoms with van der Waals surface area (Å²) in [5.74, 6) is 0.00644. The molecule has 1 saturated heterocycles. The fourth-order valence-electron chi connectivity index (χ4n) is 2.95. The number of thiazole rings is 1. The molecule has 1 aliphatic rings. The molecule has 3 aromatic rings. The molecule has 1 amide bonds. The largest absolute Gasteiger partial charge is 0.332 e. The third kappa shape index (κ3) is 3.65. The van der Waals surface area contributed by atoms with Gasteiger partial charge in [0.15, 0.2) is 0 Å². The number of halogens is 1. The Morgan fingerprint density at radius 1 is 1.31 bits per heavy atom. The fraction of sp³-hybridized carbons (Fsp3) is 0.278. The maximum atomic E-state index is 12.7. The van der Waals surface area contributed by atoms with Gasteiger partial charge in [-0.2, -0.15) is 5.10 Å². The minimum absolute atomic E-state index is 0. The molecule has 1 fully saturated rings. The molecule has 0 aliphatic carbocycles. The monoisotopic (exact) mass is 389 g/mol. The van der Waals surface area contributed by atoms with Gasteiger partial charge < -0.3 is 10.2 Å². The van der Waals surface area contributed by atoms with E-state index in [0.29, 0.717) is 5.69 Å². The number of aromatic nitrogens is 3. The Morgan fingerprint density at radius 3 is 2.88 bits per heavy atom. The maximum Gasteiger partial charge on any atom is 0.273 e. The number of benzene rings is 1. The van der Waals surface area contributed by atoms with E-state index in [-0.39, 0.29) is 24.4 Å². The minimum Gasteiger partial charge on any atom is -0.332 e. The number of hydrogen-bond donors (Lipinski definition) is 1. The summed E-state index contributed by atoms with van der Waals surface area (Å²) in [5.41, 5.74) is 2.43. The van der Waals surface area contributed by atoms with Crippen molar-refractivity contribution in [2.45, 2.75) is 13.0 Å². The van der Waals surface area contributed by atoms with Crippen LogP contribution < -0.4 is 5.32 Å². The highest BCUT2D eigenvalue weighted by Gasteiger charge is 2.26. The summed E-state index contributed by atoms with van der Waals surface area (Å²) in [4.78, 5) is 19.1. The van der Waals surface area contributed by atoms with Crippen LogP contribution in [-0.4, -0.2) is 51.2 Å². The van der Waals surface area contributed by atoms with Crippen molar-refractivity contribution in [1.29, 1.82) is 0 Å². The highest BCUT2D eigenvalue weighted by atomic mass is 35.5. The van der Waals surface area contributed by atoms with E-state index in [9.17, 15) is 4.79 Å². The molecule has 0 unspecified atom stereocenters. The zero-order valence-corrected chi connectivity index (χ0v) is 16.0. The van der Waals surface area contributed by atoms with Gasteiger partial charge in [0, 0.05) is 42.8 Å². The number of amides is 1. The number of rotatable bonds is 3. The lowest BCUT2D eigenvalue weighted by molar-refractivity contribution is 0.0650. The molecule has 0 bridgehead atoms. The highest BCUT2D eigenvalue weighted by molar-refractivity contribution is 7.13. The number of nitrogens with one attached hydrogen (secondary N) is 1. The molecular weight excluding hydrogens is 370 g/mol. The summed E-state index contributed by atoms with van der Waals surface area (Å²) >= 11 is 1.48. The van der Waals surface area contributed by atoms with Gasteiger partial charge in [0.25, 0.3) is 5.91 Å². The first kappa shape index (κ1) is 18.6. The van der Waals surface area contributed by atoms with Gasteiger partial charge in [-0.15, -0.1) is 23.7 Å². The minimum atomic E-state index is 0.